The molecule has 2 amide bonds. The van der Waals surface area contributed by atoms with E-state index >= 15 is 0 Å². The maximum atomic E-state index is 11.5. The fraction of sp³-hybridized carbons (Fsp3) is 0.857. The van der Waals surface area contributed by atoms with E-state index in [1.165, 1.54) is 7.11 Å². The van der Waals surface area contributed by atoms with E-state index < -0.39 is 24.3 Å². The van der Waals surface area contributed by atoms with Crippen molar-refractivity contribution in [3.05, 3.63) is 0 Å². The predicted octanol–water partition coefficient (Wildman–Crippen LogP) is 1.02. The Bertz CT molecular complexity index is 312. The first-order chi connectivity index (χ1) is 10.5. The summed E-state index contributed by atoms with van der Waals surface area (Å²) in [4.78, 5) is 22.6. The summed E-state index contributed by atoms with van der Waals surface area (Å²) in [6.45, 7) is 4.67. The molecule has 0 aromatic heterocycles. The average molecular weight is 320 g/mol. The highest BCUT2D eigenvalue weighted by Gasteiger charge is 2.17. The molecular weight excluding hydrogens is 292 g/mol. The van der Waals surface area contributed by atoms with Gasteiger partial charge in [0.2, 0.25) is 0 Å². The molecule has 0 rings (SSSR count). The van der Waals surface area contributed by atoms with Crippen LogP contribution in [0.3, 0.4) is 0 Å². The molecule has 0 saturated heterocycles. The number of nitrogens with one attached hydrogen (secondary N) is 2. The van der Waals surface area contributed by atoms with E-state index in [-0.39, 0.29) is 6.61 Å². The Balaban J connectivity index is 3.85. The molecule has 0 aliphatic carbocycles. The number of rotatable bonds is 11. The zero-order valence-corrected chi connectivity index (χ0v) is 13.6. The Morgan fingerprint density at radius 3 is 2.45 bits per heavy atom. The van der Waals surface area contributed by atoms with E-state index in [4.69, 9.17) is 14.2 Å². The molecule has 8 heteroatoms. The van der Waals surface area contributed by atoms with Crippen molar-refractivity contribution in [2.24, 2.45) is 0 Å². The quantitative estimate of drug-likeness (QED) is 0.491. The molecule has 2 unspecified atom stereocenters. The van der Waals surface area contributed by atoms with Gasteiger partial charge in [0.05, 0.1) is 25.4 Å². The van der Waals surface area contributed by atoms with Crippen molar-refractivity contribution in [2.45, 2.75) is 45.3 Å². The molecule has 0 aromatic carbocycles. The van der Waals surface area contributed by atoms with Gasteiger partial charge in [-0.2, -0.15) is 0 Å². The molecule has 2 atom stereocenters. The first-order valence-electron chi connectivity index (χ1n) is 7.52. The Morgan fingerprint density at radius 2 is 1.86 bits per heavy atom. The first-order valence-corrected chi connectivity index (χ1v) is 7.52. The smallest absolute Gasteiger partial charge is 0.407 e. The van der Waals surface area contributed by atoms with Gasteiger partial charge in [0.25, 0.3) is 0 Å². The fourth-order valence-corrected chi connectivity index (χ4v) is 1.71. The van der Waals surface area contributed by atoms with Gasteiger partial charge in [0.15, 0.2) is 0 Å². The minimum Gasteiger partial charge on any atom is -0.450 e. The van der Waals surface area contributed by atoms with Crippen LogP contribution in [0.15, 0.2) is 0 Å². The van der Waals surface area contributed by atoms with Crippen molar-refractivity contribution < 1.29 is 28.9 Å². The summed E-state index contributed by atoms with van der Waals surface area (Å²) in [7, 11) is 1.52. The minimum absolute atomic E-state index is 0.165. The second kappa shape index (κ2) is 13.1. The van der Waals surface area contributed by atoms with E-state index in [2.05, 4.69) is 10.6 Å². The van der Waals surface area contributed by atoms with Gasteiger partial charge in [-0.15, -0.1) is 0 Å². The van der Waals surface area contributed by atoms with Crippen molar-refractivity contribution in [1.29, 1.82) is 0 Å². The van der Waals surface area contributed by atoms with Gasteiger partial charge >= 0.3 is 12.2 Å². The van der Waals surface area contributed by atoms with Gasteiger partial charge < -0.3 is 30.0 Å². The highest BCUT2D eigenvalue weighted by atomic mass is 16.6. The predicted molar refractivity (Wildman–Crippen MR) is 80.7 cm³/mol. The van der Waals surface area contributed by atoms with Gasteiger partial charge in [-0.1, -0.05) is 0 Å². The number of hydrogen-bond acceptors (Lipinski definition) is 6. The van der Waals surface area contributed by atoms with Gasteiger partial charge in [0.1, 0.15) is 6.61 Å². The standard InChI is InChI=1S/C14H28N2O6/c1-4-21-13(18)15-8-6-5-7-12(11(2)17)16-14(19)22-10-9-20-3/h11-12,17H,4-10H2,1-3H3,(H,15,18)(H,16,19). The molecule has 0 aromatic rings. The molecule has 22 heavy (non-hydrogen) atoms. The molecule has 0 saturated carbocycles. The summed E-state index contributed by atoms with van der Waals surface area (Å²) in [5.41, 5.74) is 0. The van der Waals surface area contributed by atoms with E-state index in [9.17, 15) is 14.7 Å². The van der Waals surface area contributed by atoms with Crippen molar-refractivity contribution >= 4 is 12.2 Å². The van der Waals surface area contributed by atoms with Crippen molar-refractivity contribution in [3.63, 3.8) is 0 Å². The Morgan fingerprint density at radius 1 is 1.14 bits per heavy atom. The zero-order valence-electron chi connectivity index (χ0n) is 13.6. The van der Waals surface area contributed by atoms with Crippen LogP contribution in [0.4, 0.5) is 9.59 Å². The summed E-state index contributed by atoms with van der Waals surface area (Å²) < 4.78 is 14.4. The van der Waals surface area contributed by atoms with Crippen LogP contribution in [0.25, 0.3) is 0 Å². The van der Waals surface area contributed by atoms with Crippen LogP contribution in [-0.4, -0.2) is 62.9 Å². The molecule has 0 aliphatic rings. The van der Waals surface area contributed by atoms with Crippen LogP contribution in [0.5, 0.6) is 0 Å². The van der Waals surface area contributed by atoms with Crippen molar-refractivity contribution in [3.8, 4) is 0 Å². The molecule has 0 spiro atoms. The van der Waals surface area contributed by atoms with Crippen LogP contribution < -0.4 is 10.6 Å². The molecule has 8 nitrogen and oxygen atoms in total. The normalized spacial score (nSPS) is 13.1. The lowest BCUT2D eigenvalue weighted by molar-refractivity contribution is 0.0846. The Labute approximate surface area is 131 Å². The van der Waals surface area contributed by atoms with Crippen LogP contribution in [0.1, 0.15) is 33.1 Å². The van der Waals surface area contributed by atoms with Crippen molar-refractivity contribution in [1.82, 2.24) is 10.6 Å². The van der Waals surface area contributed by atoms with E-state index in [0.29, 0.717) is 26.2 Å². The van der Waals surface area contributed by atoms with Crippen LogP contribution in [0.2, 0.25) is 0 Å². The average Bonchev–Trinajstić information content (AvgIpc) is 2.46. The minimum atomic E-state index is -0.687. The number of alkyl carbamates (subject to hydrolysis) is 2. The lowest BCUT2D eigenvalue weighted by Crippen LogP contribution is -2.42. The molecular formula is C14H28N2O6. The summed E-state index contributed by atoms with van der Waals surface area (Å²) in [6, 6.07) is -0.391. The number of carbonyl (C=O) groups is 2. The second-order valence-corrected chi connectivity index (χ2v) is 4.76. The third-order valence-electron chi connectivity index (χ3n) is 2.89. The van der Waals surface area contributed by atoms with Gasteiger partial charge in [0, 0.05) is 13.7 Å². The number of unbranched alkanes of at least 4 members (excludes halogenated alkanes) is 1. The van der Waals surface area contributed by atoms with Crippen molar-refractivity contribution in [2.75, 3.05) is 33.5 Å². The first kappa shape index (κ1) is 20.5. The number of amides is 2. The van der Waals surface area contributed by atoms with Crippen LogP contribution in [0, 0.1) is 0 Å². The van der Waals surface area contributed by atoms with E-state index in [1.807, 2.05) is 0 Å². The lowest BCUT2D eigenvalue weighted by atomic mass is 10.1. The summed E-state index contributed by atoms with van der Waals surface area (Å²) in [5, 5.41) is 14.9. The number of ether oxygens (including phenoxy) is 3. The fourth-order valence-electron chi connectivity index (χ4n) is 1.71. The number of hydrogen-bond donors (Lipinski definition) is 3. The van der Waals surface area contributed by atoms with E-state index in [0.717, 1.165) is 12.8 Å². The Hall–Kier alpha value is -1.54. The monoisotopic (exact) mass is 320 g/mol. The second-order valence-electron chi connectivity index (χ2n) is 4.76. The SMILES string of the molecule is CCOC(=O)NCCCCC(NC(=O)OCCOC)C(C)O. The molecule has 130 valence electrons. The summed E-state index contributed by atoms with van der Waals surface area (Å²) >= 11 is 0. The molecule has 0 aliphatic heterocycles. The van der Waals surface area contributed by atoms with Crippen LogP contribution in [-0.2, 0) is 14.2 Å². The number of aliphatic hydroxyl groups is 1. The highest BCUT2D eigenvalue weighted by Crippen LogP contribution is 2.05. The number of aliphatic hydroxyl groups excluding tert-OH is 1. The lowest BCUT2D eigenvalue weighted by Gasteiger charge is -2.21. The maximum Gasteiger partial charge on any atom is 0.407 e. The van der Waals surface area contributed by atoms with E-state index in [1.54, 1.807) is 13.8 Å². The maximum absolute atomic E-state index is 11.5. The van der Waals surface area contributed by atoms with Gasteiger partial charge in [-0.05, 0) is 33.1 Å². The molecule has 0 radical (unpaired) electrons. The topological polar surface area (TPSA) is 106 Å². The third kappa shape index (κ3) is 11.2. The molecule has 3 N–H and O–H groups in total. The molecule has 0 bridgehead atoms. The third-order valence-corrected chi connectivity index (χ3v) is 2.89. The summed E-state index contributed by atoms with van der Waals surface area (Å²) in [6.07, 6.45) is 0.347. The summed E-state index contributed by atoms with van der Waals surface area (Å²) in [5.74, 6) is 0. The largest absolute Gasteiger partial charge is 0.450 e. The number of methoxy groups -OCH3 is 1. The zero-order chi connectivity index (χ0) is 16.8. The molecule has 0 fully saturated rings. The molecule has 0 heterocycles. The van der Waals surface area contributed by atoms with Crippen LogP contribution >= 0.6 is 0 Å². The Kier molecular flexibility index (Phi) is 12.2. The van der Waals surface area contributed by atoms with Gasteiger partial charge in [-0.3, -0.25) is 0 Å². The number of carbonyl (C=O) groups excluding carboxylic acids is 2. The highest BCUT2D eigenvalue weighted by molar-refractivity contribution is 5.67. The van der Waals surface area contributed by atoms with Gasteiger partial charge in [-0.25, -0.2) is 9.59 Å².